The molecular weight excluding hydrogens is 376 g/mol. The van der Waals surface area contributed by atoms with Gasteiger partial charge in [-0.3, -0.25) is 0 Å². The molecule has 5 heteroatoms. The van der Waals surface area contributed by atoms with Gasteiger partial charge in [-0.15, -0.1) is 0 Å². The van der Waals surface area contributed by atoms with Crippen molar-refractivity contribution in [2.45, 2.75) is 6.54 Å². The summed E-state index contributed by atoms with van der Waals surface area (Å²) in [6.07, 6.45) is 4.09. The number of para-hydroxylation sites is 4. The highest BCUT2D eigenvalue weighted by atomic mass is 16.5. The number of nitrogens with zero attached hydrogens (tertiary/aromatic N) is 2. The molecule has 0 aliphatic heterocycles. The lowest BCUT2D eigenvalue weighted by molar-refractivity contribution is 0.281. The van der Waals surface area contributed by atoms with E-state index in [0.29, 0.717) is 13.2 Å². The first-order valence-electron chi connectivity index (χ1n) is 9.81. The number of methoxy groups -OCH3 is 2. The topological polar surface area (TPSA) is 45.5 Å². The minimum atomic E-state index is 0.504. The van der Waals surface area contributed by atoms with Crippen LogP contribution in [0.25, 0.3) is 23.2 Å². The molecule has 0 spiro atoms. The second-order valence-electron chi connectivity index (χ2n) is 6.72. The molecule has 0 amide bonds. The molecule has 4 rings (SSSR count). The highest BCUT2D eigenvalue weighted by Gasteiger charge is 2.09. The van der Waals surface area contributed by atoms with Gasteiger partial charge in [0.25, 0.3) is 0 Å². The van der Waals surface area contributed by atoms with E-state index in [1.54, 1.807) is 14.2 Å². The summed E-state index contributed by atoms with van der Waals surface area (Å²) in [6.45, 7) is 1.17. The molecule has 0 atom stereocenters. The maximum atomic E-state index is 5.98. The summed E-state index contributed by atoms with van der Waals surface area (Å²) in [5.74, 6) is 3.19. The number of aromatic nitrogens is 2. The Morgan fingerprint density at radius 3 is 2.30 bits per heavy atom. The SMILES string of the molecule is COc1ccc(/C=C/c2nc3ccccc3n2CCOc2ccccc2OC)cc1. The number of hydrogen-bond donors (Lipinski definition) is 0. The van der Waals surface area contributed by atoms with Crippen LogP contribution in [-0.4, -0.2) is 30.4 Å². The Morgan fingerprint density at radius 2 is 1.53 bits per heavy atom. The van der Waals surface area contributed by atoms with Gasteiger partial charge in [0.05, 0.1) is 31.8 Å². The third kappa shape index (κ3) is 4.30. The molecule has 0 aliphatic carbocycles. The van der Waals surface area contributed by atoms with Crippen molar-refractivity contribution in [2.24, 2.45) is 0 Å². The van der Waals surface area contributed by atoms with Crippen LogP contribution in [0.3, 0.4) is 0 Å². The smallest absolute Gasteiger partial charge is 0.161 e. The van der Waals surface area contributed by atoms with Crippen molar-refractivity contribution < 1.29 is 14.2 Å². The average Bonchev–Trinajstić information content (AvgIpc) is 3.16. The second kappa shape index (κ2) is 9.18. The van der Waals surface area contributed by atoms with E-state index in [4.69, 9.17) is 19.2 Å². The molecule has 0 fully saturated rings. The van der Waals surface area contributed by atoms with Crippen molar-refractivity contribution in [3.63, 3.8) is 0 Å². The Morgan fingerprint density at radius 1 is 0.800 bits per heavy atom. The van der Waals surface area contributed by atoms with Crippen LogP contribution in [0.4, 0.5) is 0 Å². The fourth-order valence-corrected chi connectivity index (χ4v) is 3.33. The lowest BCUT2D eigenvalue weighted by Gasteiger charge is -2.12. The molecule has 1 heterocycles. The molecule has 0 radical (unpaired) electrons. The highest BCUT2D eigenvalue weighted by molar-refractivity contribution is 5.79. The largest absolute Gasteiger partial charge is 0.497 e. The third-order valence-corrected chi connectivity index (χ3v) is 4.87. The minimum Gasteiger partial charge on any atom is -0.497 e. The van der Waals surface area contributed by atoms with Crippen LogP contribution in [0.1, 0.15) is 11.4 Å². The van der Waals surface area contributed by atoms with E-state index in [1.807, 2.05) is 72.8 Å². The van der Waals surface area contributed by atoms with Crippen LogP contribution in [0.5, 0.6) is 17.2 Å². The molecule has 0 unspecified atom stereocenters. The summed E-state index contributed by atoms with van der Waals surface area (Å²) in [5.41, 5.74) is 3.12. The molecule has 0 saturated heterocycles. The maximum Gasteiger partial charge on any atom is 0.161 e. The first-order chi connectivity index (χ1) is 14.8. The molecule has 0 N–H and O–H groups in total. The normalized spacial score (nSPS) is 11.1. The molecule has 0 bridgehead atoms. The van der Waals surface area contributed by atoms with Crippen molar-refractivity contribution in [3.05, 3.63) is 84.2 Å². The molecule has 0 aliphatic rings. The summed E-state index contributed by atoms with van der Waals surface area (Å²) in [5, 5.41) is 0. The molecule has 5 nitrogen and oxygen atoms in total. The van der Waals surface area contributed by atoms with Gasteiger partial charge in [-0.25, -0.2) is 4.98 Å². The van der Waals surface area contributed by atoms with Crippen LogP contribution >= 0.6 is 0 Å². The summed E-state index contributed by atoms with van der Waals surface area (Å²) in [6, 6.07) is 23.7. The van der Waals surface area contributed by atoms with Crippen molar-refractivity contribution in [1.29, 1.82) is 0 Å². The predicted molar refractivity (Wildman–Crippen MR) is 120 cm³/mol. The van der Waals surface area contributed by atoms with E-state index in [-0.39, 0.29) is 0 Å². The van der Waals surface area contributed by atoms with Gasteiger partial charge in [0.2, 0.25) is 0 Å². The van der Waals surface area contributed by atoms with Gasteiger partial charge in [0.15, 0.2) is 11.5 Å². The van der Waals surface area contributed by atoms with Gasteiger partial charge in [0, 0.05) is 0 Å². The predicted octanol–water partition coefficient (Wildman–Crippen LogP) is 5.30. The van der Waals surface area contributed by atoms with E-state index < -0.39 is 0 Å². The van der Waals surface area contributed by atoms with E-state index in [2.05, 4.69) is 16.7 Å². The van der Waals surface area contributed by atoms with Crippen molar-refractivity contribution in [2.75, 3.05) is 20.8 Å². The van der Waals surface area contributed by atoms with Gasteiger partial charge in [-0.2, -0.15) is 0 Å². The first-order valence-corrected chi connectivity index (χ1v) is 9.81. The minimum absolute atomic E-state index is 0.504. The Bertz CT molecular complexity index is 1150. The second-order valence-corrected chi connectivity index (χ2v) is 6.72. The fraction of sp³-hybridized carbons (Fsp3) is 0.160. The van der Waals surface area contributed by atoms with Crippen LogP contribution in [0, 0.1) is 0 Å². The zero-order valence-corrected chi connectivity index (χ0v) is 17.1. The van der Waals surface area contributed by atoms with Crippen molar-refractivity contribution in [3.8, 4) is 17.2 Å². The number of imidazole rings is 1. The lowest BCUT2D eigenvalue weighted by Crippen LogP contribution is -2.10. The Labute approximate surface area is 176 Å². The summed E-state index contributed by atoms with van der Waals surface area (Å²) in [7, 11) is 3.31. The van der Waals surface area contributed by atoms with Gasteiger partial charge in [-0.05, 0) is 48.0 Å². The van der Waals surface area contributed by atoms with Crippen LogP contribution in [0.15, 0.2) is 72.8 Å². The molecule has 4 aromatic rings. The van der Waals surface area contributed by atoms with E-state index in [0.717, 1.165) is 39.7 Å². The molecule has 0 saturated carbocycles. The van der Waals surface area contributed by atoms with Crippen molar-refractivity contribution in [1.82, 2.24) is 9.55 Å². The van der Waals surface area contributed by atoms with Gasteiger partial charge >= 0.3 is 0 Å². The summed E-state index contributed by atoms with van der Waals surface area (Å²) in [4.78, 5) is 4.79. The summed E-state index contributed by atoms with van der Waals surface area (Å²) < 4.78 is 18.7. The molecule has 3 aromatic carbocycles. The standard InChI is InChI=1S/C25H24N2O3/c1-28-20-14-11-19(12-15-20)13-16-25-26-21-7-3-4-8-22(21)27(25)17-18-30-24-10-6-5-9-23(24)29-2/h3-16H,17-18H2,1-2H3/b16-13+. The zero-order chi connectivity index (χ0) is 20.8. The maximum absolute atomic E-state index is 5.98. The molecule has 30 heavy (non-hydrogen) atoms. The number of fused-ring (bicyclic) bond motifs is 1. The summed E-state index contributed by atoms with van der Waals surface area (Å²) >= 11 is 0. The molecule has 152 valence electrons. The zero-order valence-electron chi connectivity index (χ0n) is 17.1. The number of rotatable bonds is 8. The van der Waals surface area contributed by atoms with Crippen LogP contribution in [-0.2, 0) is 6.54 Å². The lowest BCUT2D eigenvalue weighted by atomic mass is 10.2. The Hall–Kier alpha value is -3.73. The number of benzene rings is 3. The highest BCUT2D eigenvalue weighted by Crippen LogP contribution is 2.26. The van der Waals surface area contributed by atoms with Crippen molar-refractivity contribution >= 4 is 23.2 Å². The monoisotopic (exact) mass is 400 g/mol. The van der Waals surface area contributed by atoms with Gasteiger partial charge in [-0.1, -0.05) is 42.5 Å². The van der Waals surface area contributed by atoms with Crippen LogP contribution in [0.2, 0.25) is 0 Å². The fourth-order valence-electron chi connectivity index (χ4n) is 3.33. The Balaban J connectivity index is 1.56. The van der Waals surface area contributed by atoms with Crippen LogP contribution < -0.4 is 14.2 Å². The molecular formula is C25H24N2O3. The van der Waals surface area contributed by atoms with E-state index in [1.165, 1.54) is 0 Å². The van der Waals surface area contributed by atoms with E-state index >= 15 is 0 Å². The van der Waals surface area contributed by atoms with Gasteiger partial charge in [0.1, 0.15) is 18.2 Å². The quantitative estimate of drug-likeness (QED) is 0.402. The number of ether oxygens (including phenoxy) is 3. The van der Waals surface area contributed by atoms with Gasteiger partial charge < -0.3 is 18.8 Å². The van der Waals surface area contributed by atoms with E-state index in [9.17, 15) is 0 Å². The Kier molecular flexibility index (Phi) is 5.99. The first kappa shape index (κ1) is 19.6. The molecule has 1 aromatic heterocycles. The number of hydrogen-bond acceptors (Lipinski definition) is 4. The average molecular weight is 400 g/mol. The third-order valence-electron chi connectivity index (χ3n) is 4.87.